The van der Waals surface area contributed by atoms with E-state index in [0.717, 1.165) is 0 Å². The maximum absolute atomic E-state index is 14.7. The molecule has 1 aliphatic rings. The van der Waals surface area contributed by atoms with Gasteiger partial charge in [-0.15, -0.1) is 5.10 Å². The average Bonchev–Trinajstić information content (AvgIpc) is 3.09. The maximum atomic E-state index is 14.7. The van der Waals surface area contributed by atoms with E-state index in [1.807, 2.05) is 30.0 Å². The highest BCUT2D eigenvalue weighted by atomic mass is 19.1. The number of likely N-dealkylation sites (N-methyl/N-ethyl adjacent to an activating group) is 1. The Morgan fingerprint density at radius 3 is 2.39 bits per heavy atom. The van der Waals surface area contributed by atoms with Crippen LogP contribution in [-0.4, -0.2) is 78.3 Å². The Morgan fingerprint density at radius 2 is 1.74 bits per heavy atom. The number of H-pyrrole nitrogens is 1. The van der Waals surface area contributed by atoms with Gasteiger partial charge in [0.15, 0.2) is 17.2 Å². The van der Waals surface area contributed by atoms with Crippen molar-refractivity contribution in [3.05, 3.63) is 40.2 Å². The topological polar surface area (TPSA) is 82.5 Å². The van der Waals surface area contributed by atoms with Crippen molar-refractivity contribution in [1.82, 2.24) is 24.9 Å². The zero-order chi connectivity index (χ0) is 22.1. The van der Waals surface area contributed by atoms with Crippen molar-refractivity contribution in [2.75, 3.05) is 63.2 Å². The van der Waals surface area contributed by atoms with E-state index in [-0.39, 0.29) is 22.5 Å². The van der Waals surface area contributed by atoms with Crippen molar-refractivity contribution in [2.24, 2.45) is 7.05 Å². The highest BCUT2D eigenvalue weighted by Crippen LogP contribution is 2.29. The van der Waals surface area contributed by atoms with Gasteiger partial charge >= 0.3 is 0 Å². The minimum absolute atomic E-state index is 0.0561. The monoisotopic (exact) mass is 433 g/mol. The van der Waals surface area contributed by atoms with Crippen LogP contribution in [-0.2, 0) is 7.05 Å². The smallest absolute Gasteiger partial charge is 0.279 e. The van der Waals surface area contributed by atoms with Gasteiger partial charge in [-0.25, -0.2) is 13.5 Å². The number of aromatic amines is 1. The van der Waals surface area contributed by atoms with Gasteiger partial charge in [0, 0.05) is 58.0 Å². The summed E-state index contributed by atoms with van der Waals surface area (Å²) in [5.41, 5.74) is 0.536. The Hall–Kier alpha value is -3.21. The Balaban J connectivity index is 1.46. The summed E-state index contributed by atoms with van der Waals surface area (Å²) in [5, 5.41) is 7.73. The molecule has 0 atom stereocenters. The van der Waals surface area contributed by atoms with Crippen LogP contribution >= 0.6 is 0 Å². The van der Waals surface area contributed by atoms with E-state index >= 15 is 0 Å². The lowest BCUT2D eigenvalue weighted by atomic mass is 10.2. The molecule has 0 saturated carbocycles. The lowest BCUT2D eigenvalue weighted by Gasteiger charge is -2.37. The lowest BCUT2D eigenvalue weighted by molar-refractivity contribution is 0.259. The lowest BCUT2D eigenvalue weighted by Crippen LogP contribution is -2.47. The predicted octanol–water partition coefficient (Wildman–Crippen LogP) is 1.20. The molecule has 3 heterocycles. The van der Waals surface area contributed by atoms with Crippen molar-refractivity contribution >= 4 is 22.5 Å². The third-order valence-corrected chi connectivity index (χ3v) is 5.33. The summed E-state index contributed by atoms with van der Waals surface area (Å²) in [5.74, 6) is -0.490. The molecule has 1 aliphatic heterocycles. The molecule has 0 spiro atoms. The maximum Gasteiger partial charge on any atom is 0.279 e. The number of fused-ring (bicyclic) bond motifs is 1. The van der Waals surface area contributed by atoms with Crippen LogP contribution in [0, 0.1) is 11.6 Å². The summed E-state index contributed by atoms with van der Waals surface area (Å²) >= 11 is 0. The first-order valence-electron chi connectivity index (χ1n) is 10.0. The van der Waals surface area contributed by atoms with E-state index < -0.39 is 11.6 Å². The molecule has 1 aromatic carbocycles. The van der Waals surface area contributed by atoms with Crippen molar-refractivity contribution in [3.63, 3.8) is 0 Å². The van der Waals surface area contributed by atoms with Gasteiger partial charge in [0.1, 0.15) is 23.9 Å². The fraction of sp³-hybridized carbons (Fsp3) is 0.450. The number of hydrogen-bond acceptors (Lipinski definition) is 7. The van der Waals surface area contributed by atoms with Crippen LogP contribution < -0.4 is 20.1 Å². The predicted molar refractivity (Wildman–Crippen MR) is 114 cm³/mol. The van der Waals surface area contributed by atoms with E-state index in [1.54, 1.807) is 11.9 Å². The quantitative estimate of drug-likeness (QED) is 0.626. The second-order valence-corrected chi connectivity index (χ2v) is 7.79. The molecule has 1 fully saturated rings. The molecule has 2 aromatic heterocycles. The molecule has 4 rings (SSSR count). The largest absolute Gasteiger partial charge is 0.492 e. The van der Waals surface area contributed by atoms with E-state index in [4.69, 9.17) is 4.74 Å². The second kappa shape index (κ2) is 8.50. The van der Waals surface area contributed by atoms with E-state index in [9.17, 15) is 13.6 Å². The first kappa shape index (κ1) is 21.0. The molecule has 11 heteroatoms. The second-order valence-electron chi connectivity index (χ2n) is 7.79. The molecule has 0 radical (unpaired) electrons. The average molecular weight is 433 g/mol. The minimum Gasteiger partial charge on any atom is -0.492 e. The number of rotatable bonds is 6. The molecule has 1 N–H and O–H groups in total. The molecule has 0 unspecified atom stereocenters. The Bertz CT molecular complexity index is 1110. The van der Waals surface area contributed by atoms with E-state index in [2.05, 4.69) is 15.3 Å². The zero-order valence-electron chi connectivity index (χ0n) is 17.7. The van der Waals surface area contributed by atoms with Crippen LogP contribution in [0.5, 0.6) is 5.75 Å². The molecule has 166 valence electrons. The van der Waals surface area contributed by atoms with E-state index in [1.165, 1.54) is 16.8 Å². The van der Waals surface area contributed by atoms with Crippen molar-refractivity contribution in [3.8, 4) is 5.75 Å². The van der Waals surface area contributed by atoms with Gasteiger partial charge in [-0.3, -0.25) is 4.79 Å². The molecule has 0 bridgehead atoms. The standard InChI is InChI=1S/C20H25F2N7O2/c1-26(2)8-9-31-13-10-14(21)19(15(22)11-13)29-6-4-28(5-7-29)17-12-16-18(20(30)23-17)24-25-27(16)3/h10-12H,4-9H2,1-3H3,(H,23,30). The number of aromatic nitrogens is 4. The van der Waals surface area contributed by atoms with Gasteiger partial charge in [-0.05, 0) is 14.1 Å². The van der Waals surface area contributed by atoms with E-state index in [0.29, 0.717) is 50.7 Å². The third kappa shape index (κ3) is 4.31. The molecule has 31 heavy (non-hydrogen) atoms. The van der Waals surface area contributed by atoms with Gasteiger partial charge in [0.05, 0.1) is 5.52 Å². The van der Waals surface area contributed by atoms with Crippen LogP contribution in [0.1, 0.15) is 0 Å². The van der Waals surface area contributed by atoms with Crippen molar-refractivity contribution < 1.29 is 13.5 Å². The van der Waals surface area contributed by atoms with Crippen molar-refractivity contribution in [1.29, 1.82) is 0 Å². The molecule has 0 aliphatic carbocycles. The fourth-order valence-electron chi connectivity index (χ4n) is 3.64. The number of pyridine rings is 1. The number of ether oxygens (including phenoxy) is 1. The van der Waals surface area contributed by atoms with Gasteiger partial charge in [-0.2, -0.15) is 0 Å². The summed E-state index contributed by atoms with van der Waals surface area (Å²) in [6, 6.07) is 4.26. The van der Waals surface area contributed by atoms with Crippen LogP contribution in [0.15, 0.2) is 23.0 Å². The van der Waals surface area contributed by atoms with Gasteiger partial charge < -0.3 is 24.4 Å². The van der Waals surface area contributed by atoms with Crippen LogP contribution in [0.3, 0.4) is 0 Å². The number of benzene rings is 1. The molecule has 0 amide bonds. The molecule has 3 aromatic rings. The van der Waals surface area contributed by atoms with Crippen molar-refractivity contribution in [2.45, 2.75) is 0 Å². The normalized spacial score (nSPS) is 14.6. The fourth-order valence-corrected chi connectivity index (χ4v) is 3.64. The zero-order valence-corrected chi connectivity index (χ0v) is 17.7. The number of aryl methyl sites for hydroxylation is 1. The molecule has 9 nitrogen and oxygen atoms in total. The Morgan fingerprint density at radius 1 is 1.10 bits per heavy atom. The number of nitrogens with one attached hydrogen (secondary N) is 1. The van der Waals surface area contributed by atoms with Gasteiger partial charge in [0.25, 0.3) is 5.56 Å². The number of anilines is 2. The highest BCUT2D eigenvalue weighted by Gasteiger charge is 2.24. The minimum atomic E-state index is -0.649. The highest BCUT2D eigenvalue weighted by molar-refractivity contribution is 5.76. The molecular formula is C20H25F2N7O2. The van der Waals surface area contributed by atoms with Crippen LogP contribution in [0.4, 0.5) is 20.3 Å². The number of nitrogens with zero attached hydrogens (tertiary/aromatic N) is 6. The van der Waals surface area contributed by atoms with Crippen LogP contribution in [0.2, 0.25) is 0 Å². The number of halogens is 2. The summed E-state index contributed by atoms with van der Waals surface area (Å²) in [6.45, 7) is 2.78. The summed E-state index contributed by atoms with van der Waals surface area (Å²) in [6.07, 6.45) is 0. The Kier molecular flexibility index (Phi) is 5.77. The number of piperazine rings is 1. The summed E-state index contributed by atoms with van der Waals surface area (Å²) < 4.78 is 36.4. The van der Waals surface area contributed by atoms with Gasteiger partial charge in [-0.1, -0.05) is 5.21 Å². The SMILES string of the molecule is CN(C)CCOc1cc(F)c(N2CCN(c3cc4c(nnn4C)c(=O)[nH]3)CC2)c(F)c1. The third-order valence-electron chi connectivity index (χ3n) is 5.33. The number of hydrogen-bond donors (Lipinski definition) is 1. The van der Waals surface area contributed by atoms with Crippen LogP contribution in [0.25, 0.3) is 11.0 Å². The summed E-state index contributed by atoms with van der Waals surface area (Å²) in [4.78, 5) is 20.6. The summed E-state index contributed by atoms with van der Waals surface area (Å²) in [7, 11) is 5.51. The van der Waals surface area contributed by atoms with Gasteiger partial charge in [0.2, 0.25) is 0 Å². The Labute approximate surface area is 177 Å². The first-order valence-corrected chi connectivity index (χ1v) is 10.0. The molecular weight excluding hydrogens is 408 g/mol. The molecule has 1 saturated heterocycles. The first-order chi connectivity index (χ1) is 14.8.